The average molecular weight is 992 g/mol. The van der Waals surface area contributed by atoms with Crippen molar-refractivity contribution in [2.45, 2.75) is 30.1 Å². The van der Waals surface area contributed by atoms with Crippen LogP contribution in [-0.4, -0.2) is 0 Å². The highest BCUT2D eigenvalue weighted by atomic mass is 15.1. The van der Waals surface area contributed by atoms with Gasteiger partial charge in [-0.1, -0.05) is 243 Å². The molecule has 366 valence electrons. The lowest BCUT2D eigenvalue weighted by Crippen LogP contribution is -2.26. The van der Waals surface area contributed by atoms with Gasteiger partial charge in [0.2, 0.25) is 0 Å². The fourth-order valence-corrected chi connectivity index (χ4v) is 14.9. The number of benzene rings is 12. The normalized spacial score (nSPS) is 17.1. The molecular formula is C77H53N. The van der Waals surface area contributed by atoms with Gasteiger partial charge in [0.1, 0.15) is 0 Å². The molecule has 1 heteroatoms. The molecule has 2 atom stereocenters. The minimum atomic E-state index is -0.484. The Balaban J connectivity index is 0.891. The molecule has 0 saturated heterocycles. The predicted molar refractivity (Wildman–Crippen MR) is 323 cm³/mol. The van der Waals surface area contributed by atoms with Gasteiger partial charge in [0.05, 0.1) is 11.1 Å². The Hall–Kier alpha value is -9.56. The second-order valence-corrected chi connectivity index (χ2v) is 22.1. The van der Waals surface area contributed by atoms with E-state index in [1.54, 1.807) is 0 Å². The lowest BCUT2D eigenvalue weighted by Gasteiger charge is -2.33. The third-order valence-corrected chi connectivity index (χ3v) is 18.5. The van der Waals surface area contributed by atoms with E-state index in [4.69, 9.17) is 0 Å². The van der Waals surface area contributed by atoms with Gasteiger partial charge in [0.15, 0.2) is 0 Å². The van der Waals surface area contributed by atoms with Gasteiger partial charge in [-0.05, 0) is 173 Å². The Labute approximate surface area is 457 Å². The Kier molecular flexibility index (Phi) is 9.58. The maximum Gasteiger partial charge on any atom is 0.0726 e. The van der Waals surface area contributed by atoms with Crippen LogP contribution in [0.2, 0.25) is 0 Å². The van der Waals surface area contributed by atoms with Crippen molar-refractivity contribution in [2.24, 2.45) is 0 Å². The van der Waals surface area contributed by atoms with Gasteiger partial charge in [-0.25, -0.2) is 0 Å². The van der Waals surface area contributed by atoms with Gasteiger partial charge >= 0.3 is 0 Å². The van der Waals surface area contributed by atoms with Crippen LogP contribution in [0.4, 0.5) is 17.1 Å². The van der Waals surface area contributed by atoms with Crippen LogP contribution in [0.3, 0.4) is 0 Å². The van der Waals surface area contributed by atoms with Crippen LogP contribution in [0.1, 0.15) is 69.5 Å². The van der Waals surface area contributed by atoms with Gasteiger partial charge < -0.3 is 4.90 Å². The summed E-state index contributed by atoms with van der Waals surface area (Å²) in [4.78, 5) is 2.52. The zero-order valence-corrected chi connectivity index (χ0v) is 43.6. The summed E-state index contributed by atoms with van der Waals surface area (Å²) in [5, 5.41) is 0. The molecule has 0 fully saturated rings. The number of para-hydroxylation sites is 1. The molecule has 4 aliphatic rings. The molecule has 0 bridgehead atoms. The van der Waals surface area contributed by atoms with Crippen molar-refractivity contribution in [3.63, 3.8) is 0 Å². The number of fused-ring (bicyclic) bond motifs is 16. The van der Waals surface area contributed by atoms with E-state index in [0.29, 0.717) is 0 Å². The van der Waals surface area contributed by atoms with Crippen molar-refractivity contribution >= 4 is 17.1 Å². The summed E-state index contributed by atoms with van der Waals surface area (Å²) in [5.41, 5.74) is 30.7. The molecule has 2 unspecified atom stereocenters. The first kappa shape index (κ1) is 44.7. The summed E-state index contributed by atoms with van der Waals surface area (Å²) in [5.74, 6) is 0. The van der Waals surface area contributed by atoms with Crippen molar-refractivity contribution in [3.05, 3.63) is 341 Å². The highest BCUT2D eigenvalue weighted by Gasteiger charge is 2.52. The van der Waals surface area contributed by atoms with Crippen LogP contribution in [0.5, 0.6) is 0 Å². The maximum absolute atomic E-state index is 2.52. The smallest absolute Gasteiger partial charge is 0.0726 e. The lowest BCUT2D eigenvalue weighted by atomic mass is 9.70. The van der Waals surface area contributed by atoms with Gasteiger partial charge in [-0.3, -0.25) is 0 Å². The summed E-state index contributed by atoms with van der Waals surface area (Å²) in [7, 11) is 0. The maximum atomic E-state index is 2.52. The first-order valence-corrected chi connectivity index (χ1v) is 27.5. The largest absolute Gasteiger partial charge is 0.310 e. The molecule has 0 amide bonds. The number of hydrogen-bond donors (Lipinski definition) is 0. The molecule has 0 heterocycles. The second kappa shape index (κ2) is 16.7. The number of anilines is 3. The van der Waals surface area contributed by atoms with E-state index in [1.165, 1.54) is 122 Å². The molecule has 0 aliphatic heterocycles. The minimum Gasteiger partial charge on any atom is -0.310 e. The van der Waals surface area contributed by atoms with Crippen LogP contribution in [0.15, 0.2) is 285 Å². The summed E-state index contributed by atoms with van der Waals surface area (Å²) in [6, 6.07) is 107. The third kappa shape index (κ3) is 6.02. The summed E-state index contributed by atoms with van der Waals surface area (Å²) in [6.07, 6.45) is 0. The summed E-state index contributed by atoms with van der Waals surface area (Å²) < 4.78 is 0. The Morgan fingerprint density at radius 1 is 0.231 bits per heavy atom. The first-order chi connectivity index (χ1) is 38.5. The summed E-state index contributed by atoms with van der Waals surface area (Å²) in [6.45, 7) is 4.81. The van der Waals surface area contributed by atoms with E-state index in [2.05, 4.69) is 304 Å². The summed E-state index contributed by atoms with van der Waals surface area (Å²) >= 11 is 0. The molecule has 78 heavy (non-hydrogen) atoms. The van der Waals surface area contributed by atoms with Crippen LogP contribution < -0.4 is 4.90 Å². The number of hydrogen-bond acceptors (Lipinski definition) is 1. The lowest BCUT2D eigenvalue weighted by molar-refractivity contribution is 0.714. The molecule has 0 saturated carbocycles. The van der Waals surface area contributed by atoms with Gasteiger partial charge in [-0.15, -0.1) is 0 Å². The standard InChI is InChI=1S/C77H53N/c1-75(53-21-5-3-6-22-53)66-31-15-9-26-58(66)63-44-39-51(47-71(63)75)50-37-41-55(42-38-50)78(56-43-46-65-62-30-13-19-35-70(62)77(73(65)49-56)68-33-17-11-28-60(68)61-29-12-18-34-69(61)77)74-36-20-14-25-57(74)52-40-45-64-59-27-10-16-32-67(59)76(2,72(64)48-52)54-23-7-4-8-24-54/h3-49H,1-2H3. The highest BCUT2D eigenvalue weighted by molar-refractivity contribution is 5.98. The van der Waals surface area contributed by atoms with Crippen molar-refractivity contribution < 1.29 is 0 Å². The SMILES string of the molecule is CC1(c2ccccc2)c2ccccc2-c2ccc(-c3ccc(N(c4ccc5c(c4)C4(c6ccccc6-c6ccccc64)c4ccccc4-5)c4ccccc4-c4ccc5c(c4)C(C)(c4ccccc4)c4ccccc4-5)cc3)cc21. The fraction of sp³-hybridized carbons (Fsp3) is 0.0649. The van der Waals surface area contributed by atoms with Crippen molar-refractivity contribution in [1.29, 1.82) is 0 Å². The average Bonchev–Trinajstić information content (AvgIpc) is 3.73. The molecule has 0 aromatic heterocycles. The van der Waals surface area contributed by atoms with Gasteiger partial charge in [0.25, 0.3) is 0 Å². The molecular weight excluding hydrogens is 939 g/mol. The quantitative estimate of drug-likeness (QED) is 0.154. The molecule has 1 nitrogen and oxygen atoms in total. The molecule has 12 aromatic rings. The van der Waals surface area contributed by atoms with E-state index in [9.17, 15) is 0 Å². The van der Waals surface area contributed by atoms with Gasteiger partial charge in [0, 0.05) is 27.8 Å². The first-order valence-electron chi connectivity index (χ1n) is 27.5. The van der Waals surface area contributed by atoms with Crippen LogP contribution in [0.25, 0.3) is 66.8 Å². The molecule has 12 aromatic carbocycles. The third-order valence-electron chi connectivity index (χ3n) is 18.5. The van der Waals surface area contributed by atoms with Crippen LogP contribution >= 0.6 is 0 Å². The second-order valence-electron chi connectivity index (χ2n) is 22.1. The monoisotopic (exact) mass is 991 g/mol. The van der Waals surface area contributed by atoms with Crippen LogP contribution in [-0.2, 0) is 16.2 Å². The molecule has 16 rings (SSSR count). The van der Waals surface area contributed by atoms with E-state index in [-0.39, 0.29) is 10.8 Å². The zero-order chi connectivity index (χ0) is 51.7. The van der Waals surface area contributed by atoms with Crippen molar-refractivity contribution in [2.75, 3.05) is 4.90 Å². The number of rotatable bonds is 7. The molecule has 0 N–H and O–H groups in total. The fourth-order valence-electron chi connectivity index (χ4n) is 14.9. The van der Waals surface area contributed by atoms with E-state index < -0.39 is 5.41 Å². The Morgan fingerprint density at radius 3 is 1.09 bits per heavy atom. The number of nitrogens with zero attached hydrogens (tertiary/aromatic N) is 1. The van der Waals surface area contributed by atoms with E-state index in [0.717, 1.165) is 17.1 Å². The minimum absolute atomic E-state index is 0.284. The predicted octanol–water partition coefficient (Wildman–Crippen LogP) is 19.5. The molecule has 1 spiro atoms. The molecule has 4 aliphatic carbocycles. The van der Waals surface area contributed by atoms with E-state index >= 15 is 0 Å². The molecule has 0 radical (unpaired) electrons. The Bertz CT molecular complexity index is 4350. The van der Waals surface area contributed by atoms with Gasteiger partial charge in [-0.2, -0.15) is 0 Å². The van der Waals surface area contributed by atoms with Crippen molar-refractivity contribution in [1.82, 2.24) is 0 Å². The van der Waals surface area contributed by atoms with E-state index in [1.807, 2.05) is 0 Å². The highest BCUT2D eigenvalue weighted by Crippen LogP contribution is 2.64. The Morgan fingerprint density at radius 2 is 0.577 bits per heavy atom. The van der Waals surface area contributed by atoms with Crippen molar-refractivity contribution in [3.8, 4) is 66.8 Å². The van der Waals surface area contributed by atoms with Crippen LogP contribution in [0, 0.1) is 0 Å². The topological polar surface area (TPSA) is 3.24 Å². The zero-order valence-electron chi connectivity index (χ0n) is 43.6.